The minimum atomic E-state index is -4.40. The molecule has 0 atom stereocenters. The summed E-state index contributed by atoms with van der Waals surface area (Å²) in [6, 6.07) is 6.41. The van der Waals surface area contributed by atoms with Gasteiger partial charge in [0.15, 0.2) is 6.61 Å². The fourth-order valence-electron chi connectivity index (χ4n) is 3.30. The lowest BCUT2D eigenvalue weighted by Gasteiger charge is -2.35. The van der Waals surface area contributed by atoms with E-state index in [1.165, 1.54) is 12.5 Å². The van der Waals surface area contributed by atoms with Crippen LogP contribution in [0.4, 0.5) is 13.2 Å². The summed E-state index contributed by atoms with van der Waals surface area (Å²) in [5.74, 6) is 0.00399. The molecule has 0 radical (unpaired) electrons. The number of nitrogens with one attached hydrogen (secondary N) is 1. The zero-order valence-electron chi connectivity index (χ0n) is 14.2. The number of amides is 1. The Morgan fingerprint density at radius 3 is 2.52 bits per heavy atom. The van der Waals surface area contributed by atoms with E-state index < -0.39 is 12.8 Å². The van der Waals surface area contributed by atoms with Gasteiger partial charge in [-0.2, -0.15) is 13.2 Å². The number of alkyl halides is 3. The predicted octanol–water partition coefficient (Wildman–Crippen LogP) is 3.54. The molecule has 0 spiro atoms. The molecule has 3 N–H and O–H groups in total. The molecule has 0 unspecified atom stereocenters. The lowest BCUT2D eigenvalue weighted by molar-refractivity contribution is -0.153. The van der Waals surface area contributed by atoms with Crippen molar-refractivity contribution in [1.29, 1.82) is 0 Å². The van der Waals surface area contributed by atoms with Gasteiger partial charge in [0.05, 0.1) is 0 Å². The Morgan fingerprint density at radius 1 is 1.20 bits per heavy atom. The van der Waals surface area contributed by atoms with E-state index in [0.717, 1.165) is 25.7 Å². The third kappa shape index (κ3) is 6.23. The molecule has 1 fully saturated rings. The second-order valence-corrected chi connectivity index (χ2v) is 6.73. The van der Waals surface area contributed by atoms with E-state index in [1.54, 1.807) is 18.2 Å². The van der Waals surface area contributed by atoms with E-state index in [1.807, 2.05) is 0 Å². The Hall–Kier alpha value is -1.76. The third-order valence-electron chi connectivity index (χ3n) is 4.72. The Morgan fingerprint density at radius 2 is 1.88 bits per heavy atom. The van der Waals surface area contributed by atoms with Gasteiger partial charge >= 0.3 is 6.18 Å². The maximum atomic E-state index is 12.3. The van der Waals surface area contributed by atoms with Crippen molar-refractivity contribution in [3.63, 3.8) is 0 Å². The number of carbonyl (C=O) groups is 1. The van der Waals surface area contributed by atoms with Crippen LogP contribution >= 0.6 is 0 Å². The summed E-state index contributed by atoms with van der Waals surface area (Å²) in [5, 5.41) is 2.79. The van der Waals surface area contributed by atoms with E-state index >= 15 is 0 Å². The second kappa shape index (κ2) is 8.56. The molecule has 1 aliphatic carbocycles. The van der Waals surface area contributed by atoms with Crippen molar-refractivity contribution in [1.82, 2.24) is 5.32 Å². The molecule has 140 valence electrons. The zero-order chi connectivity index (χ0) is 18.3. The van der Waals surface area contributed by atoms with Gasteiger partial charge in [-0.15, -0.1) is 0 Å². The molecular formula is C18H25F3N2O2. The molecule has 25 heavy (non-hydrogen) atoms. The lowest BCUT2D eigenvalue weighted by atomic mass is 9.71. The molecule has 1 amide bonds. The summed E-state index contributed by atoms with van der Waals surface area (Å²) >= 11 is 0. The smallest absolute Gasteiger partial charge is 0.422 e. The normalized spacial score (nSPS) is 17.1. The number of para-hydroxylation sites is 1. The highest BCUT2D eigenvalue weighted by Crippen LogP contribution is 2.38. The first-order valence-electron chi connectivity index (χ1n) is 8.58. The highest BCUT2D eigenvalue weighted by Gasteiger charge is 2.33. The van der Waals surface area contributed by atoms with Crippen LogP contribution in [0.5, 0.6) is 5.75 Å². The standard InChI is InChI=1S/C18H25F3N2O2/c19-18(20,21)13-25-15-7-3-2-6-14(15)11-23-16(24)10-17(12-22)8-4-1-5-9-17/h2-3,6-7H,1,4-5,8-13,22H2,(H,23,24). The molecule has 0 heterocycles. The number of benzene rings is 1. The van der Waals surface area contributed by atoms with E-state index in [-0.39, 0.29) is 23.6 Å². The summed E-state index contributed by atoms with van der Waals surface area (Å²) in [5.41, 5.74) is 6.27. The van der Waals surface area contributed by atoms with Gasteiger partial charge in [0.2, 0.25) is 5.91 Å². The van der Waals surface area contributed by atoms with Crippen molar-refractivity contribution in [3.8, 4) is 5.75 Å². The Balaban J connectivity index is 1.91. The van der Waals surface area contributed by atoms with Crippen LogP contribution < -0.4 is 15.8 Å². The first-order valence-corrected chi connectivity index (χ1v) is 8.58. The number of nitrogens with two attached hydrogens (primary N) is 1. The molecule has 0 bridgehead atoms. The highest BCUT2D eigenvalue weighted by molar-refractivity contribution is 5.76. The fourth-order valence-corrected chi connectivity index (χ4v) is 3.30. The number of hydrogen-bond acceptors (Lipinski definition) is 3. The molecule has 0 saturated heterocycles. The van der Waals surface area contributed by atoms with Crippen LogP contribution in [-0.2, 0) is 11.3 Å². The molecule has 1 aliphatic rings. The van der Waals surface area contributed by atoms with Crippen LogP contribution in [0.1, 0.15) is 44.1 Å². The van der Waals surface area contributed by atoms with Crippen molar-refractivity contribution in [2.45, 2.75) is 51.2 Å². The molecule has 1 aromatic rings. The summed E-state index contributed by atoms with van der Waals surface area (Å²) in [7, 11) is 0. The van der Waals surface area contributed by atoms with Gasteiger partial charge in [-0.05, 0) is 30.9 Å². The summed E-state index contributed by atoms with van der Waals surface area (Å²) < 4.78 is 41.8. The van der Waals surface area contributed by atoms with Crippen molar-refractivity contribution in [2.24, 2.45) is 11.1 Å². The van der Waals surface area contributed by atoms with Gasteiger partial charge in [-0.25, -0.2) is 0 Å². The molecule has 2 rings (SSSR count). The minimum Gasteiger partial charge on any atom is -0.484 e. The summed E-state index contributed by atoms with van der Waals surface area (Å²) in [6.07, 6.45) is 1.19. The largest absolute Gasteiger partial charge is 0.484 e. The van der Waals surface area contributed by atoms with Gasteiger partial charge < -0.3 is 15.8 Å². The maximum absolute atomic E-state index is 12.3. The van der Waals surface area contributed by atoms with Crippen LogP contribution in [0.3, 0.4) is 0 Å². The molecule has 1 aromatic carbocycles. The predicted molar refractivity (Wildman–Crippen MR) is 89.0 cm³/mol. The minimum absolute atomic E-state index is 0.127. The first-order chi connectivity index (χ1) is 11.8. The molecule has 7 heteroatoms. The Labute approximate surface area is 145 Å². The maximum Gasteiger partial charge on any atom is 0.422 e. The average Bonchev–Trinajstić information content (AvgIpc) is 2.59. The molecular weight excluding hydrogens is 333 g/mol. The van der Waals surface area contributed by atoms with Gasteiger partial charge in [0.1, 0.15) is 5.75 Å². The van der Waals surface area contributed by atoms with Gasteiger partial charge in [0.25, 0.3) is 0 Å². The zero-order valence-corrected chi connectivity index (χ0v) is 14.2. The third-order valence-corrected chi connectivity index (χ3v) is 4.72. The van der Waals surface area contributed by atoms with Crippen molar-refractivity contribution >= 4 is 5.91 Å². The SMILES string of the molecule is NCC1(CC(=O)NCc2ccccc2OCC(F)(F)F)CCCCC1. The van der Waals surface area contributed by atoms with Crippen molar-refractivity contribution in [2.75, 3.05) is 13.2 Å². The highest BCUT2D eigenvalue weighted by atomic mass is 19.4. The number of rotatable bonds is 7. The molecule has 1 saturated carbocycles. The Kier molecular flexibility index (Phi) is 6.70. The van der Waals surface area contributed by atoms with Crippen LogP contribution in [0.15, 0.2) is 24.3 Å². The van der Waals surface area contributed by atoms with E-state index in [2.05, 4.69) is 5.32 Å². The van der Waals surface area contributed by atoms with Crippen molar-refractivity contribution < 1.29 is 22.7 Å². The van der Waals surface area contributed by atoms with Gasteiger partial charge in [0, 0.05) is 18.5 Å². The average molecular weight is 358 g/mol. The first kappa shape index (κ1) is 19.6. The number of ether oxygens (including phenoxy) is 1. The van der Waals surface area contributed by atoms with Crippen LogP contribution in [0, 0.1) is 5.41 Å². The summed E-state index contributed by atoms with van der Waals surface area (Å²) in [4.78, 5) is 12.3. The molecule has 4 nitrogen and oxygen atoms in total. The monoisotopic (exact) mass is 358 g/mol. The quantitative estimate of drug-likeness (QED) is 0.784. The van der Waals surface area contributed by atoms with Crippen LogP contribution in [0.2, 0.25) is 0 Å². The lowest BCUT2D eigenvalue weighted by Crippen LogP contribution is -2.38. The summed E-state index contributed by atoms with van der Waals surface area (Å²) in [6.45, 7) is -0.743. The second-order valence-electron chi connectivity index (χ2n) is 6.73. The van der Waals surface area contributed by atoms with E-state index in [9.17, 15) is 18.0 Å². The molecule has 0 aromatic heterocycles. The number of hydrogen-bond donors (Lipinski definition) is 2. The van der Waals surface area contributed by atoms with Gasteiger partial charge in [-0.3, -0.25) is 4.79 Å². The topological polar surface area (TPSA) is 64.4 Å². The number of carbonyl (C=O) groups excluding carboxylic acids is 1. The Bertz CT molecular complexity index is 570. The van der Waals surface area contributed by atoms with Gasteiger partial charge in [-0.1, -0.05) is 37.5 Å². The van der Waals surface area contributed by atoms with E-state index in [0.29, 0.717) is 18.5 Å². The van der Waals surface area contributed by atoms with Crippen LogP contribution in [-0.4, -0.2) is 25.2 Å². The number of halogens is 3. The fraction of sp³-hybridized carbons (Fsp3) is 0.611. The molecule has 0 aliphatic heterocycles. The van der Waals surface area contributed by atoms with Crippen molar-refractivity contribution in [3.05, 3.63) is 29.8 Å². The van der Waals surface area contributed by atoms with E-state index in [4.69, 9.17) is 10.5 Å². The van der Waals surface area contributed by atoms with Crippen LogP contribution in [0.25, 0.3) is 0 Å².